The molecule has 0 unspecified atom stereocenters. The van der Waals surface area contributed by atoms with Crippen molar-refractivity contribution in [2.75, 3.05) is 18.0 Å². The lowest BCUT2D eigenvalue weighted by Crippen LogP contribution is -2.33. The van der Waals surface area contributed by atoms with Crippen LogP contribution in [-0.4, -0.2) is 45.7 Å². The lowest BCUT2D eigenvalue weighted by Gasteiger charge is -2.15. The molecule has 8 nitrogen and oxygen atoms in total. The van der Waals surface area contributed by atoms with E-state index in [4.69, 9.17) is 4.74 Å². The molecule has 4 rings (SSSR count). The van der Waals surface area contributed by atoms with E-state index in [1.165, 1.54) is 17.9 Å². The van der Waals surface area contributed by atoms with Gasteiger partial charge >= 0.3 is 6.09 Å². The summed E-state index contributed by atoms with van der Waals surface area (Å²) >= 11 is 0. The van der Waals surface area contributed by atoms with Gasteiger partial charge in [0.15, 0.2) is 0 Å². The van der Waals surface area contributed by atoms with Gasteiger partial charge in [0.2, 0.25) is 5.91 Å². The second-order valence-corrected chi connectivity index (χ2v) is 6.77. The van der Waals surface area contributed by atoms with Crippen molar-refractivity contribution in [2.45, 2.75) is 19.6 Å². The molecule has 0 aliphatic carbocycles. The Morgan fingerprint density at radius 1 is 1.38 bits per heavy atom. The van der Waals surface area contributed by atoms with Crippen molar-refractivity contribution in [3.8, 4) is 11.1 Å². The molecule has 1 atom stereocenters. The van der Waals surface area contributed by atoms with Gasteiger partial charge < -0.3 is 19.6 Å². The predicted molar refractivity (Wildman–Crippen MR) is 103 cm³/mol. The maximum Gasteiger partial charge on any atom is 0.414 e. The molecule has 0 radical (unpaired) electrons. The number of cyclic esters (lactones) is 1. The largest absolute Gasteiger partial charge is 0.442 e. The van der Waals surface area contributed by atoms with Crippen LogP contribution in [0, 0.1) is 5.82 Å². The zero-order valence-electron chi connectivity index (χ0n) is 15.6. The number of halogens is 1. The monoisotopic (exact) mass is 398 g/mol. The van der Waals surface area contributed by atoms with E-state index in [-0.39, 0.29) is 25.6 Å². The lowest BCUT2D eigenvalue weighted by molar-refractivity contribution is -0.119. The summed E-state index contributed by atoms with van der Waals surface area (Å²) in [5, 5.41) is 12.0. The van der Waals surface area contributed by atoms with E-state index in [0.717, 1.165) is 0 Å². The molecule has 2 amide bonds. The van der Waals surface area contributed by atoms with Gasteiger partial charge in [-0.2, -0.15) is 0 Å². The first-order valence-corrected chi connectivity index (χ1v) is 9.05. The molecule has 0 spiro atoms. The van der Waals surface area contributed by atoms with Crippen LogP contribution >= 0.6 is 0 Å². The van der Waals surface area contributed by atoms with Crippen molar-refractivity contribution in [1.82, 2.24) is 14.7 Å². The fourth-order valence-electron chi connectivity index (χ4n) is 3.31. The van der Waals surface area contributed by atoms with Crippen LogP contribution in [0.3, 0.4) is 0 Å². The Morgan fingerprint density at radius 2 is 2.21 bits per heavy atom. The molecule has 0 saturated carbocycles. The summed E-state index contributed by atoms with van der Waals surface area (Å²) in [7, 11) is 0. The van der Waals surface area contributed by atoms with Gasteiger partial charge in [-0.15, -0.1) is 0 Å². The van der Waals surface area contributed by atoms with Gasteiger partial charge in [-0.05, 0) is 30.3 Å². The third-order valence-electron chi connectivity index (χ3n) is 4.77. The highest BCUT2D eigenvalue weighted by molar-refractivity contribution is 5.90. The topological polar surface area (TPSA) is 96.2 Å². The summed E-state index contributed by atoms with van der Waals surface area (Å²) in [6.45, 7) is 1.63. The second-order valence-electron chi connectivity index (χ2n) is 6.77. The van der Waals surface area contributed by atoms with E-state index in [1.807, 2.05) is 0 Å². The van der Waals surface area contributed by atoms with Crippen LogP contribution in [0.25, 0.3) is 16.8 Å². The van der Waals surface area contributed by atoms with Crippen molar-refractivity contribution in [1.29, 1.82) is 0 Å². The molecule has 150 valence electrons. The van der Waals surface area contributed by atoms with Crippen LogP contribution in [0.4, 0.5) is 14.9 Å². The van der Waals surface area contributed by atoms with Crippen LogP contribution in [-0.2, 0) is 16.1 Å². The predicted octanol–water partition coefficient (Wildman–Crippen LogP) is 2.09. The Morgan fingerprint density at radius 3 is 2.93 bits per heavy atom. The summed E-state index contributed by atoms with van der Waals surface area (Å²) in [4.78, 5) is 28.7. The van der Waals surface area contributed by atoms with E-state index >= 15 is 0 Å². The Labute approximate surface area is 165 Å². The van der Waals surface area contributed by atoms with E-state index in [0.29, 0.717) is 28.2 Å². The maximum absolute atomic E-state index is 14.9. The van der Waals surface area contributed by atoms with Crippen molar-refractivity contribution in [2.24, 2.45) is 0 Å². The Bertz CT molecular complexity index is 1100. The molecular weight excluding hydrogens is 379 g/mol. The molecular formula is C20H19FN4O4. The van der Waals surface area contributed by atoms with E-state index < -0.39 is 18.0 Å². The zero-order valence-corrected chi connectivity index (χ0v) is 15.6. The lowest BCUT2D eigenvalue weighted by atomic mass is 10.1. The van der Waals surface area contributed by atoms with Crippen molar-refractivity contribution < 1.29 is 23.8 Å². The number of pyridine rings is 1. The number of amides is 2. The zero-order chi connectivity index (χ0) is 20.5. The third-order valence-corrected chi connectivity index (χ3v) is 4.77. The third kappa shape index (κ3) is 3.64. The van der Waals surface area contributed by atoms with Gasteiger partial charge in [0, 0.05) is 24.2 Å². The van der Waals surface area contributed by atoms with Gasteiger partial charge in [0.05, 0.1) is 37.3 Å². The number of hydrogen-bond acceptors (Lipinski definition) is 5. The van der Waals surface area contributed by atoms with Crippen molar-refractivity contribution >= 4 is 23.3 Å². The first kappa shape index (κ1) is 18.9. The number of aromatic nitrogens is 2. The van der Waals surface area contributed by atoms with Gasteiger partial charge in [0.25, 0.3) is 0 Å². The minimum atomic E-state index is -0.583. The highest BCUT2D eigenvalue weighted by Crippen LogP contribution is 2.29. The summed E-state index contributed by atoms with van der Waals surface area (Å²) in [6.07, 6.45) is 2.20. The fraction of sp³-hybridized carbons (Fsp3) is 0.250. The second kappa shape index (κ2) is 7.51. The average molecular weight is 398 g/mol. The highest BCUT2D eigenvalue weighted by atomic mass is 19.1. The van der Waals surface area contributed by atoms with E-state index in [9.17, 15) is 19.1 Å². The number of nitrogens with zero attached hydrogens (tertiary/aromatic N) is 3. The number of nitrogens with one attached hydrogen (secondary N) is 1. The molecule has 1 saturated heterocycles. The fourth-order valence-corrected chi connectivity index (χ4v) is 3.31. The van der Waals surface area contributed by atoms with Crippen LogP contribution < -0.4 is 10.2 Å². The number of aliphatic hydroxyl groups is 1. The van der Waals surface area contributed by atoms with Gasteiger partial charge in [-0.1, -0.05) is 0 Å². The summed E-state index contributed by atoms with van der Waals surface area (Å²) in [6, 6.07) is 8.01. The number of fused-ring (bicyclic) bond motifs is 1. The number of benzene rings is 1. The minimum Gasteiger partial charge on any atom is -0.442 e. The molecule has 1 fully saturated rings. The van der Waals surface area contributed by atoms with Crippen molar-refractivity contribution in [3.05, 3.63) is 54.2 Å². The van der Waals surface area contributed by atoms with Gasteiger partial charge in [-0.25, -0.2) is 14.2 Å². The van der Waals surface area contributed by atoms with E-state index in [2.05, 4.69) is 10.3 Å². The molecule has 2 aromatic heterocycles. The number of anilines is 1. The molecule has 1 aliphatic rings. The average Bonchev–Trinajstić information content (AvgIpc) is 3.28. The Hall–Kier alpha value is -3.46. The number of hydrogen-bond donors (Lipinski definition) is 2. The first-order valence-electron chi connectivity index (χ1n) is 9.05. The Balaban J connectivity index is 1.58. The van der Waals surface area contributed by atoms with Crippen LogP contribution in [0.5, 0.6) is 0 Å². The smallest absolute Gasteiger partial charge is 0.414 e. The van der Waals surface area contributed by atoms with Crippen LogP contribution in [0.2, 0.25) is 0 Å². The summed E-state index contributed by atoms with van der Waals surface area (Å²) in [5.74, 6) is -0.709. The molecule has 29 heavy (non-hydrogen) atoms. The number of aliphatic hydroxyl groups excluding tert-OH is 1. The van der Waals surface area contributed by atoms with Crippen LogP contribution in [0.15, 0.2) is 42.7 Å². The number of carbonyl (C=O) groups is 2. The molecule has 3 heterocycles. The van der Waals surface area contributed by atoms with Gasteiger partial charge in [-0.3, -0.25) is 9.69 Å². The number of ether oxygens (including phenoxy) is 1. The molecule has 1 aliphatic heterocycles. The molecule has 2 N–H and O–H groups in total. The first-order chi connectivity index (χ1) is 14.0. The van der Waals surface area contributed by atoms with E-state index in [1.54, 1.807) is 41.1 Å². The molecule has 0 bridgehead atoms. The minimum absolute atomic E-state index is 0.178. The molecule has 9 heteroatoms. The molecule has 3 aromatic rings. The Kier molecular flexibility index (Phi) is 4.89. The summed E-state index contributed by atoms with van der Waals surface area (Å²) < 4.78 is 21.8. The maximum atomic E-state index is 14.9. The number of carbonyl (C=O) groups excluding carboxylic acids is 2. The van der Waals surface area contributed by atoms with Crippen molar-refractivity contribution in [3.63, 3.8) is 0 Å². The standard InChI is InChI=1S/C20H19FN4O4/c1-12(27)22-8-16-10-25(20(28)29-16)14-3-4-17(18(21)6-14)13-2-5-19-23-7-15(11-26)24(19)9-13/h2-7,9,16,26H,8,10-11H2,1H3,(H,22,27)/t16-/m1/s1. The number of rotatable bonds is 5. The normalized spacial score (nSPS) is 16.3. The molecule has 1 aromatic carbocycles. The van der Waals surface area contributed by atoms with Gasteiger partial charge in [0.1, 0.15) is 17.6 Å². The summed E-state index contributed by atoms with van der Waals surface area (Å²) in [5.41, 5.74) is 2.60. The highest BCUT2D eigenvalue weighted by Gasteiger charge is 2.32. The number of imidazole rings is 1. The quantitative estimate of drug-likeness (QED) is 0.686. The van der Waals surface area contributed by atoms with Crippen LogP contribution in [0.1, 0.15) is 12.6 Å². The SMILES string of the molecule is CC(=O)NC[C@@H]1CN(c2ccc(-c3ccc4ncc(CO)n4c3)c(F)c2)C(=O)O1.